The molecule has 278 valence electrons. The van der Waals surface area contributed by atoms with Gasteiger partial charge in [0.05, 0.1) is 11.1 Å². The third kappa shape index (κ3) is 8.19. The first-order valence-electron chi connectivity index (χ1n) is 17.7. The van der Waals surface area contributed by atoms with Crippen molar-refractivity contribution < 1.29 is 38.3 Å². The molecule has 2 atom stereocenters. The second kappa shape index (κ2) is 14.9. The molecule has 0 aromatic heterocycles. The summed E-state index contributed by atoms with van der Waals surface area (Å²) in [6.45, 7) is 31.7. The lowest BCUT2D eigenvalue weighted by Gasteiger charge is -2.59. The molecule has 48 heavy (non-hydrogen) atoms. The largest absolute Gasteiger partial charge is 0.460 e. The molecule has 2 rings (SSSR count). The molecular formula is C36H66N4O8. The van der Waals surface area contributed by atoms with Gasteiger partial charge < -0.3 is 19.3 Å². The van der Waals surface area contributed by atoms with Crippen LogP contribution in [0.1, 0.15) is 136 Å². The van der Waals surface area contributed by atoms with Crippen molar-refractivity contribution in [2.75, 3.05) is 26.3 Å². The van der Waals surface area contributed by atoms with Crippen LogP contribution in [-0.4, -0.2) is 115 Å². The first-order valence-corrected chi connectivity index (χ1v) is 17.7. The highest BCUT2D eigenvalue weighted by atomic mass is 16.7. The van der Waals surface area contributed by atoms with E-state index in [2.05, 4.69) is 0 Å². The molecule has 0 bridgehead atoms. The zero-order valence-electron chi connectivity index (χ0n) is 32.9. The third-order valence-electron chi connectivity index (χ3n) is 9.98. The normalized spacial score (nSPS) is 22.8. The summed E-state index contributed by atoms with van der Waals surface area (Å²) in [6.07, 6.45) is 0.0155. The van der Waals surface area contributed by atoms with Crippen molar-refractivity contribution in [3.05, 3.63) is 0 Å². The van der Waals surface area contributed by atoms with Crippen LogP contribution in [0.4, 0.5) is 0 Å². The molecule has 2 aliphatic rings. The van der Waals surface area contributed by atoms with E-state index >= 15 is 0 Å². The smallest absolute Gasteiger partial charge is 0.337 e. The lowest BCUT2D eigenvalue weighted by Crippen LogP contribution is -2.75. The van der Waals surface area contributed by atoms with Crippen molar-refractivity contribution in [2.45, 2.75) is 182 Å². The van der Waals surface area contributed by atoms with Crippen molar-refractivity contribution in [3.8, 4) is 0 Å². The molecule has 0 N–H and O–H groups in total. The number of piperazine rings is 2. The van der Waals surface area contributed by atoms with Gasteiger partial charge in [-0.05, 0) is 109 Å². The number of nitrogens with zero attached hydrogens (tertiary/aromatic N) is 4. The number of hydroxylamine groups is 4. The van der Waals surface area contributed by atoms with Crippen LogP contribution in [0.15, 0.2) is 0 Å². The van der Waals surface area contributed by atoms with E-state index in [-0.39, 0.29) is 36.1 Å². The van der Waals surface area contributed by atoms with Gasteiger partial charge in [0.2, 0.25) is 11.8 Å². The van der Waals surface area contributed by atoms with E-state index in [1.807, 2.05) is 107 Å². The second-order valence-corrected chi connectivity index (χ2v) is 16.6. The fourth-order valence-corrected chi connectivity index (χ4v) is 7.05. The number of esters is 2. The Balaban J connectivity index is 2.04. The molecule has 0 spiro atoms. The lowest BCUT2D eigenvalue weighted by molar-refractivity contribution is -0.308. The van der Waals surface area contributed by atoms with Crippen LogP contribution < -0.4 is 0 Å². The first-order chi connectivity index (χ1) is 21.8. The van der Waals surface area contributed by atoms with Gasteiger partial charge in [-0.1, -0.05) is 27.7 Å². The monoisotopic (exact) mass is 682 g/mol. The number of rotatable bonds is 13. The lowest BCUT2D eigenvalue weighted by atomic mass is 9.80. The van der Waals surface area contributed by atoms with Crippen LogP contribution in [0.5, 0.6) is 0 Å². The minimum atomic E-state index is -1.00. The highest BCUT2D eigenvalue weighted by Gasteiger charge is 2.59. The molecule has 12 heteroatoms. The SMILES string of the molecule is CCC1(CC)C(=O)N(C(C)(C)C)CC(C)(C)N1OC(C)C(=O)OCCOC(=O)C(C)ON1C(C)(C)CN(C(C)(C)C)C(=O)C1(CC)CC. The average molecular weight is 683 g/mol. The zero-order chi connectivity index (χ0) is 37.3. The Hall–Kier alpha value is -2.28. The van der Waals surface area contributed by atoms with Gasteiger partial charge in [0.15, 0.2) is 12.2 Å². The number of carbonyl (C=O) groups excluding carboxylic acids is 4. The summed E-state index contributed by atoms with van der Waals surface area (Å²) >= 11 is 0. The molecule has 2 fully saturated rings. The van der Waals surface area contributed by atoms with Crippen molar-refractivity contribution in [1.82, 2.24) is 19.9 Å². The molecule has 0 saturated carbocycles. The fraction of sp³-hybridized carbons (Fsp3) is 0.889. The summed E-state index contributed by atoms with van der Waals surface area (Å²) in [7, 11) is 0. The Kier molecular flexibility index (Phi) is 13.0. The minimum Gasteiger partial charge on any atom is -0.460 e. The highest BCUT2D eigenvalue weighted by Crippen LogP contribution is 2.42. The van der Waals surface area contributed by atoms with Gasteiger partial charge >= 0.3 is 11.9 Å². The summed E-state index contributed by atoms with van der Waals surface area (Å²) in [5.41, 5.74) is -3.80. The van der Waals surface area contributed by atoms with E-state index in [4.69, 9.17) is 19.1 Å². The molecule has 0 aromatic carbocycles. The third-order valence-corrected chi connectivity index (χ3v) is 9.98. The number of hydrogen-bond acceptors (Lipinski definition) is 10. The highest BCUT2D eigenvalue weighted by molar-refractivity contribution is 5.88. The summed E-state index contributed by atoms with van der Waals surface area (Å²) in [5.74, 6) is -1.32. The van der Waals surface area contributed by atoms with Crippen LogP contribution >= 0.6 is 0 Å². The Bertz CT molecular complexity index is 1070. The van der Waals surface area contributed by atoms with Gasteiger partial charge in [0.1, 0.15) is 24.3 Å². The quantitative estimate of drug-likeness (QED) is 0.188. The van der Waals surface area contributed by atoms with Crippen molar-refractivity contribution in [1.29, 1.82) is 0 Å². The Labute approximate surface area is 290 Å². The molecule has 0 aliphatic carbocycles. The van der Waals surface area contributed by atoms with Crippen LogP contribution in [-0.2, 0) is 38.3 Å². The minimum absolute atomic E-state index is 0.0258. The number of hydrogen-bond donors (Lipinski definition) is 0. The average Bonchev–Trinajstić information content (AvgIpc) is 2.98. The summed E-state index contributed by atoms with van der Waals surface area (Å²) in [6, 6.07) is 0. The van der Waals surface area contributed by atoms with Crippen LogP contribution in [0.2, 0.25) is 0 Å². The van der Waals surface area contributed by atoms with Gasteiger partial charge in [0, 0.05) is 24.2 Å². The van der Waals surface area contributed by atoms with Crippen molar-refractivity contribution >= 4 is 23.8 Å². The Morgan fingerprint density at radius 2 is 0.896 bits per heavy atom. The van der Waals surface area contributed by atoms with Crippen LogP contribution in [0.25, 0.3) is 0 Å². The van der Waals surface area contributed by atoms with E-state index in [9.17, 15) is 19.2 Å². The van der Waals surface area contributed by atoms with E-state index in [0.29, 0.717) is 38.8 Å². The maximum Gasteiger partial charge on any atom is 0.337 e. The number of ether oxygens (including phenoxy) is 2. The Morgan fingerprint density at radius 3 is 1.12 bits per heavy atom. The van der Waals surface area contributed by atoms with E-state index in [1.165, 1.54) is 0 Å². The maximum absolute atomic E-state index is 13.8. The van der Waals surface area contributed by atoms with Crippen molar-refractivity contribution in [3.63, 3.8) is 0 Å². The topological polar surface area (TPSA) is 118 Å². The number of carbonyl (C=O) groups is 4. The van der Waals surface area contributed by atoms with Gasteiger partial charge in [0.25, 0.3) is 0 Å². The van der Waals surface area contributed by atoms with E-state index in [0.717, 1.165) is 0 Å². The standard InChI is InChI=1S/C36H66N4O8/c1-17-35(18-2)29(43)37(31(7,8)9)23-33(13,14)39(35)47-25(5)27(41)45-21-22-46-28(42)26(6)48-40-34(15,16)24-38(32(10,11)12)30(44)36(40,19-3)20-4/h25-26H,17-24H2,1-16H3. The molecule has 12 nitrogen and oxygen atoms in total. The molecule has 2 saturated heterocycles. The zero-order valence-corrected chi connectivity index (χ0v) is 32.9. The molecule has 2 aliphatic heterocycles. The molecule has 2 amide bonds. The molecule has 0 radical (unpaired) electrons. The van der Waals surface area contributed by atoms with Gasteiger partial charge in [-0.25, -0.2) is 9.59 Å². The molecular weight excluding hydrogens is 616 g/mol. The summed E-state index contributed by atoms with van der Waals surface area (Å²) < 4.78 is 10.9. The Morgan fingerprint density at radius 1 is 0.625 bits per heavy atom. The van der Waals surface area contributed by atoms with Gasteiger partial charge in [-0.3, -0.25) is 19.3 Å². The second-order valence-electron chi connectivity index (χ2n) is 16.6. The predicted octanol–water partition coefficient (Wildman–Crippen LogP) is 5.27. The molecule has 2 heterocycles. The van der Waals surface area contributed by atoms with Gasteiger partial charge in [-0.15, -0.1) is 0 Å². The number of amides is 2. The summed E-state index contributed by atoms with van der Waals surface area (Å²) in [4.78, 5) is 70.0. The molecule has 0 aromatic rings. The van der Waals surface area contributed by atoms with Gasteiger partial charge in [-0.2, -0.15) is 10.1 Å². The summed E-state index contributed by atoms with van der Waals surface area (Å²) in [5, 5.41) is 3.41. The van der Waals surface area contributed by atoms with Crippen molar-refractivity contribution in [2.24, 2.45) is 0 Å². The predicted molar refractivity (Wildman–Crippen MR) is 184 cm³/mol. The fourth-order valence-electron chi connectivity index (χ4n) is 7.05. The molecule has 2 unspecified atom stereocenters. The van der Waals surface area contributed by atoms with E-state index < -0.39 is 46.3 Å². The first kappa shape index (κ1) is 41.9. The maximum atomic E-state index is 13.8. The van der Waals surface area contributed by atoms with Crippen LogP contribution in [0.3, 0.4) is 0 Å². The van der Waals surface area contributed by atoms with E-state index in [1.54, 1.807) is 24.0 Å². The van der Waals surface area contributed by atoms with Crippen LogP contribution in [0, 0.1) is 0 Å².